The zero-order chi connectivity index (χ0) is 17.5. The fraction of sp³-hybridized carbons (Fsp3) is 0.368. The van der Waals surface area contributed by atoms with Crippen LogP contribution in [0.15, 0.2) is 42.5 Å². The largest absolute Gasteiger partial charge is 0.508 e. The molecule has 0 saturated heterocycles. The van der Waals surface area contributed by atoms with Gasteiger partial charge in [-0.2, -0.15) is 0 Å². The van der Waals surface area contributed by atoms with Gasteiger partial charge >= 0.3 is 0 Å². The standard InChI is InChI=1S/C19H25ClN2O2.2ClH/c1-21(2)14-16-17(20)8-6-10-19(16)24-12-11-22(3)13-15-7-4-5-9-18(15)23;;/h4-10,23H,11-14H2,1-3H3;2*1H. The lowest BCUT2D eigenvalue weighted by Crippen LogP contribution is -2.24. The summed E-state index contributed by atoms with van der Waals surface area (Å²) in [5, 5.41) is 10.6. The normalized spacial score (nSPS) is 10.4. The van der Waals surface area contributed by atoms with Crippen molar-refractivity contribution in [1.82, 2.24) is 9.80 Å². The van der Waals surface area contributed by atoms with E-state index in [-0.39, 0.29) is 24.8 Å². The molecule has 0 bridgehead atoms. The van der Waals surface area contributed by atoms with Gasteiger partial charge in [-0.15, -0.1) is 24.8 Å². The molecule has 0 aliphatic rings. The Bertz CT molecular complexity index is 669. The molecule has 0 aliphatic carbocycles. The highest BCUT2D eigenvalue weighted by atomic mass is 35.5. The Morgan fingerprint density at radius 1 is 0.962 bits per heavy atom. The Balaban J connectivity index is 0.00000312. The number of ether oxygens (including phenoxy) is 1. The van der Waals surface area contributed by atoms with Crippen LogP contribution in [0.3, 0.4) is 0 Å². The minimum atomic E-state index is 0. The highest BCUT2D eigenvalue weighted by molar-refractivity contribution is 6.31. The van der Waals surface area contributed by atoms with Gasteiger partial charge in [-0.1, -0.05) is 35.9 Å². The molecule has 0 saturated carbocycles. The van der Waals surface area contributed by atoms with Crippen molar-refractivity contribution in [3.05, 3.63) is 58.6 Å². The number of phenolic OH excluding ortho intramolecular Hbond substituents is 1. The molecule has 7 heteroatoms. The average Bonchev–Trinajstić information content (AvgIpc) is 2.52. The van der Waals surface area contributed by atoms with Gasteiger partial charge in [0, 0.05) is 35.8 Å². The molecule has 26 heavy (non-hydrogen) atoms. The summed E-state index contributed by atoms with van der Waals surface area (Å²) in [5.41, 5.74) is 1.92. The van der Waals surface area contributed by atoms with Crippen molar-refractivity contribution in [2.75, 3.05) is 34.3 Å². The zero-order valence-electron chi connectivity index (χ0n) is 15.3. The SMILES string of the molecule is CN(C)Cc1c(Cl)cccc1OCCN(C)Cc1ccccc1O.Cl.Cl. The highest BCUT2D eigenvalue weighted by Gasteiger charge is 2.10. The fourth-order valence-electron chi connectivity index (χ4n) is 2.47. The molecule has 1 N–H and O–H groups in total. The van der Waals surface area contributed by atoms with E-state index in [9.17, 15) is 5.11 Å². The molecule has 4 nitrogen and oxygen atoms in total. The number of hydrogen-bond acceptors (Lipinski definition) is 4. The second-order valence-electron chi connectivity index (χ2n) is 6.17. The fourth-order valence-corrected chi connectivity index (χ4v) is 2.70. The maximum absolute atomic E-state index is 9.84. The van der Waals surface area contributed by atoms with E-state index in [2.05, 4.69) is 9.80 Å². The van der Waals surface area contributed by atoms with E-state index < -0.39 is 0 Å². The lowest BCUT2D eigenvalue weighted by atomic mass is 10.2. The van der Waals surface area contributed by atoms with Crippen molar-refractivity contribution in [2.24, 2.45) is 0 Å². The van der Waals surface area contributed by atoms with Gasteiger partial charge in [0.15, 0.2) is 0 Å². The van der Waals surface area contributed by atoms with Crippen molar-refractivity contribution >= 4 is 36.4 Å². The molecule has 2 aromatic rings. The van der Waals surface area contributed by atoms with Crippen LogP contribution in [-0.4, -0.2) is 49.2 Å². The van der Waals surface area contributed by atoms with Crippen LogP contribution in [-0.2, 0) is 13.1 Å². The predicted molar refractivity (Wildman–Crippen MR) is 113 cm³/mol. The first-order valence-corrected chi connectivity index (χ1v) is 8.35. The van der Waals surface area contributed by atoms with E-state index in [1.54, 1.807) is 6.07 Å². The first-order valence-electron chi connectivity index (χ1n) is 7.97. The minimum Gasteiger partial charge on any atom is -0.508 e. The molecule has 2 rings (SSSR count). The van der Waals surface area contributed by atoms with Gasteiger partial charge < -0.3 is 14.7 Å². The summed E-state index contributed by atoms with van der Waals surface area (Å²) >= 11 is 6.29. The molecule has 0 fully saturated rings. The molecular formula is C19H27Cl3N2O2. The van der Waals surface area contributed by atoms with Crippen molar-refractivity contribution in [2.45, 2.75) is 13.1 Å². The summed E-state index contributed by atoms with van der Waals surface area (Å²) in [6.45, 7) is 2.73. The molecule has 0 aromatic heterocycles. The second kappa shape index (κ2) is 12.3. The van der Waals surface area contributed by atoms with Gasteiger partial charge in [-0.25, -0.2) is 0 Å². The quantitative estimate of drug-likeness (QED) is 0.682. The van der Waals surface area contributed by atoms with Crippen LogP contribution < -0.4 is 4.74 Å². The number of aromatic hydroxyl groups is 1. The molecular weight excluding hydrogens is 395 g/mol. The summed E-state index contributed by atoms with van der Waals surface area (Å²) < 4.78 is 5.94. The van der Waals surface area contributed by atoms with Crippen molar-refractivity contribution in [3.8, 4) is 11.5 Å². The topological polar surface area (TPSA) is 35.9 Å². The molecule has 2 aromatic carbocycles. The molecule has 0 heterocycles. The number of halogens is 3. The maximum Gasteiger partial charge on any atom is 0.125 e. The third kappa shape index (κ3) is 7.60. The van der Waals surface area contributed by atoms with Crippen molar-refractivity contribution in [3.63, 3.8) is 0 Å². The number of benzene rings is 2. The first kappa shape index (κ1) is 24.8. The Hall–Kier alpha value is -1.17. The van der Waals surface area contributed by atoms with Gasteiger partial charge in [-0.3, -0.25) is 4.90 Å². The third-order valence-corrected chi connectivity index (χ3v) is 4.07. The minimum absolute atomic E-state index is 0. The number of nitrogens with zero attached hydrogens (tertiary/aromatic N) is 2. The molecule has 0 amide bonds. The van der Waals surface area contributed by atoms with Crippen LogP contribution in [0.4, 0.5) is 0 Å². The lowest BCUT2D eigenvalue weighted by molar-refractivity contribution is 0.228. The molecule has 146 valence electrons. The van der Waals surface area contributed by atoms with E-state index in [1.165, 1.54) is 0 Å². The predicted octanol–water partition coefficient (Wildman–Crippen LogP) is 4.46. The van der Waals surface area contributed by atoms with Crippen LogP contribution in [0.25, 0.3) is 0 Å². The molecule has 0 aliphatic heterocycles. The molecule has 0 radical (unpaired) electrons. The zero-order valence-corrected chi connectivity index (χ0v) is 17.7. The van der Waals surface area contributed by atoms with Gasteiger partial charge in [0.2, 0.25) is 0 Å². The summed E-state index contributed by atoms with van der Waals surface area (Å²) in [6, 6.07) is 13.1. The molecule has 0 spiro atoms. The van der Waals surface area contributed by atoms with Crippen LogP contribution in [0, 0.1) is 0 Å². The summed E-state index contributed by atoms with van der Waals surface area (Å²) in [6.07, 6.45) is 0. The van der Waals surface area contributed by atoms with Gasteiger partial charge in [0.25, 0.3) is 0 Å². The van der Waals surface area contributed by atoms with Crippen molar-refractivity contribution in [1.29, 1.82) is 0 Å². The Kier molecular flexibility index (Phi) is 11.7. The maximum atomic E-state index is 9.84. The van der Waals surface area contributed by atoms with E-state index in [4.69, 9.17) is 16.3 Å². The van der Waals surface area contributed by atoms with Crippen molar-refractivity contribution < 1.29 is 9.84 Å². The van der Waals surface area contributed by atoms with Gasteiger partial charge in [0.1, 0.15) is 18.1 Å². The van der Waals surface area contributed by atoms with E-state index >= 15 is 0 Å². The smallest absolute Gasteiger partial charge is 0.125 e. The number of phenols is 1. The van der Waals surface area contributed by atoms with Crippen LogP contribution in [0.2, 0.25) is 5.02 Å². The van der Waals surface area contributed by atoms with E-state index in [0.717, 1.165) is 35.0 Å². The van der Waals surface area contributed by atoms with Gasteiger partial charge in [0.05, 0.1) is 0 Å². The molecule has 0 atom stereocenters. The van der Waals surface area contributed by atoms with Crippen LogP contribution in [0.5, 0.6) is 11.5 Å². The number of para-hydroxylation sites is 1. The average molecular weight is 422 g/mol. The number of likely N-dealkylation sites (N-methyl/N-ethyl adjacent to an activating group) is 1. The summed E-state index contributed by atoms with van der Waals surface area (Å²) in [7, 11) is 6.02. The second-order valence-corrected chi connectivity index (χ2v) is 6.58. The Morgan fingerprint density at radius 3 is 2.31 bits per heavy atom. The highest BCUT2D eigenvalue weighted by Crippen LogP contribution is 2.27. The first-order chi connectivity index (χ1) is 11.5. The van der Waals surface area contributed by atoms with Gasteiger partial charge in [-0.05, 0) is 39.3 Å². The molecule has 0 unspecified atom stereocenters. The van der Waals surface area contributed by atoms with Crippen LogP contribution in [0.1, 0.15) is 11.1 Å². The Morgan fingerprint density at radius 2 is 1.65 bits per heavy atom. The monoisotopic (exact) mass is 420 g/mol. The number of rotatable bonds is 8. The summed E-state index contributed by atoms with van der Waals surface area (Å²) in [5.74, 6) is 1.15. The summed E-state index contributed by atoms with van der Waals surface area (Å²) in [4.78, 5) is 4.18. The number of hydrogen-bond donors (Lipinski definition) is 1. The Labute approximate surface area is 173 Å². The van der Waals surface area contributed by atoms with E-state index in [0.29, 0.717) is 18.9 Å². The van der Waals surface area contributed by atoms with E-state index in [1.807, 2.05) is 57.5 Å². The van der Waals surface area contributed by atoms with Crippen LogP contribution >= 0.6 is 36.4 Å². The third-order valence-electron chi connectivity index (χ3n) is 3.71. The lowest BCUT2D eigenvalue weighted by Gasteiger charge is -2.20.